The Bertz CT molecular complexity index is 1580. The number of carbonyl (C=O) groups excluding carboxylic acids is 1. The number of halogens is 2. The van der Waals surface area contributed by atoms with E-state index in [1.54, 1.807) is 28.3 Å². The molecule has 2 bridgehead atoms. The third-order valence-corrected chi connectivity index (χ3v) is 11.3. The van der Waals surface area contributed by atoms with Crippen molar-refractivity contribution in [3.63, 3.8) is 0 Å². The number of anilines is 2. The number of amides is 2. The van der Waals surface area contributed by atoms with Gasteiger partial charge >= 0.3 is 6.03 Å². The Morgan fingerprint density at radius 1 is 1.00 bits per heavy atom. The fourth-order valence-corrected chi connectivity index (χ4v) is 8.40. The Balaban J connectivity index is 1.10. The molecule has 0 saturated carbocycles. The molecule has 4 heterocycles. The SMILES string of the molecule is CCS(=O)(=O)N1CCc2c(nc(C)n2C2CC3CCC(C2)N3CCCN(C(=O)Nc2ccc(F)cc2)c2ccc(F)cc2)C1. The van der Waals surface area contributed by atoms with Crippen LogP contribution in [0.5, 0.6) is 0 Å². The van der Waals surface area contributed by atoms with E-state index < -0.39 is 10.0 Å². The van der Waals surface area contributed by atoms with Crippen LogP contribution in [0.25, 0.3) is 0 Å². The molecule has 2 aromatic carbocycles. The first kappa shape index (κ1) is 30.7. The Morgan fingerprint density at radius 2 is 1.64 bits per heavy atom. The number of hydrogen-bond donors (Lipinski definition) is 1. The monoisotopic (exact) mass is 626 g/mol. The highest BCUT2D eigenvalue weighted by atomic mass is 32.2. The summed E-state index contributed by atoms with van der Waals surface area (Å²) in [6.45, 7) is 5.86. The molecule has 2 saturated heterocycles. The number of sulfonamides is 1. The van der Waals surface area contributed by atoms with Gasteiger partial charge in [0.05, 0.1) is 18.0 Å². The van der Waals surface area contributed by atoms with E-state index >= 15 is 0 Å². The first-order valence-electron chi connectivity index (χ1n) is 15.5. The van der Waals surface area contributed by atoms with Gasteiger partial charge in [-0.2, -0.15) is 4.31 Å². The van der Waals surface area contributed by atoms with Crippen LogP contribution in [0.15, 0.2) is 48.5 Å². The lowest BCUT2D eigenvalue weighted by Crippen LogP contribution is -2.45. The van der Waals surface area contributed by atoms with E-state index in [1.807, 2.05) is 6.92 Å². The molecule has 6 rings (SSSR count). The molecule has 0 radical (unpaired) electrons. The molecule has 3 aliphatic rings. The number of nitrogens with one attached hydrogen (secondary N) is 1. The van der Waals surface area contributed by atoms with Crippen molar-refractivity contribution >= 4 is 27.4 Å². The summed E-state index contributed by atoms with van der Waals surface area (Å²) in [7, 11) is -3.25. The molecule has 2 atom stereocenters. The zero-order valence-corrected chi connectivity index (χ0v) is 26.1. The molecular formula is C32H40F2N6O3S. The molecule has 9 nitrogen and oxygen atoms in total. The number of aromatic nitrogens is 2. The zero-order chi connectivity index (χ0) is 31.0. The lowest BCUT2D eigenvalue weighted by molar-refractivity contribution is 0.104. The van der Waals surface area contributed by atoms with E-state index in [-0.39, 0.29) is 23.4 Å². The largest absolute Gasteiger partial charge is 0.329 e. The fourth-order valence-electron chi connectivity index (χ4n) is 7.35. The maximum absolute atomic E-state index is 13.7. The van der Waals surface area contributed by atoms with Crippen LogP contribution in [-0.2, 0) is 23.0 Å². The fraction of sp³-hybridized carbons (Fsp3) is 0.500. The highest BCUT2D eigenvalue weighted by Gasteiger charge is 2.42. The number of hydrogen-bond acceptors (Lipinski definition) is 5. The summed E-state index contributed by atoms with van der Waals surface area (Å²) in [6.07, 6.45) is 5.73. The van der Waals surface area contributed by atoms with Crippen molar-refractivity contribution in [2.75, 3.05) is 35.6 Å². The van der Waals surface area contributed by atoms with E-state index in [4.69, 9.17) is 4.98 Å². The van der Waals surface area contributed by atoms with E-state index in [2.05, 4.69) is 14.8 Å². The predicted molar refractivity (Wildman–Crippen MR) is 166 cm³/mol. The van der Waals surface area contributed by atoms with Gasteiger partial charge in [-0.15, -0.1) is 0 Å². The van der Waals surface area contributed by atoms with Crippen molar-refractivity contribution in [3.05, 3.63) is 77.4 Å². The van der Waals surface area contributed by atoms with Gasteiger partial charge in [0.15, 0.2) is 0 Å². The molecule has 3 aliphatic heterocycles. The number of nitrogens with zero attached hydrogens (tertiary/aromatic N) is 5. The minimum atomic E-state index is -3.25. The number of carbonyl (C=O) groups is 1. The number of benzene rings is 2. The summed E-state index contributed by atoms with van der Waals surface area (Å²) in [4.78, 5) is 22.3. The molecule has 1 N–H and O–H groups in total. The first-order chi connectivity index (χ1) is 21.1. The molecular weight excluding hydrogens is 586 g/mol. The van der Waals surface area contributed by atoms with Crippen molar-refractivity contribution in [3.8, 4) is 0 Å². The summed E-state index contributed by atoms with van der Waals surface area (Å²) in [5.41, 5.74) is 3.16. The van der Waals surface area contributed by atoms with Gasteiger partial charge in [-0.3, -0.25) is 9.80 Å². The lowest BCUT2D eigenvalue weighted by Gasteiger charge is -2.41. The standard InChI is InChI=1S/C32H40F2N6O3S/c1-3-44(42,43)37-18-15-31-30(21-37)35-22(2)40(31)29-19-27-13-14-28(20-29)38(27)16-4-17-39(26-11-7-24(34)8-12-26)32(41)36-25-9-5-23(33)6-10-25/h5-12,27-29H,3-4,13-21H2,1-2H3,(H,36,41). The molecule has 1 aromatic heterocycles. The van der Waals surface area contributed by atoms with Gasteiger partial charge in [0.2, 0.25) is 10.0 Å². The van der Waals surface area contributed by atoms with Crippen LogP contribution in [-0.4, -0.2) is 70.7 Å². The number of rotatable bonds is 9. The number of urea groups is 1. The van der Waals surface area contributed by atoms with Crippen molar-refractivity contribution < 1.29 is 22.0 Å². The molecule has 44 heavy (non-hydrogen) atoms. The summed E-state index contributed by atoms with van der Waals surface area (Å²) in [5, 5.41) is 2.83. The van der Waals surface area contributed by atoms with Gasteiger partial charge in [-0.1, -0.05) is 0 Å². The minimum Gasteiger partial charge on any atom is -0.329 e. The van der Waals surface area contributed by atoms with E-state index in [1.165, 1.54) is 42.1 Å². The average molecular weight is 627 g/mol. The zero-order valence-electron chi connectivity index (χ0n) is 25.3. The summed E-state index contributed by atoms with van der Waals surface area (Å²) >= 11 is 0. The predicted octanol–water partition coefficient (Wildman–Crippen LogP) is 5.47. The summed E-state index contributed by atoms with van der Waals surface area (Å²) in [6, 6.07) is 12.4. The second-order valence-corrected chi connectivity index (χ2v) is 14.3. The van der Waals surface area contributed by atoms with Gasteiger partial charge in [-0.25, -0.2) is 27.0 Å². The number of aryl methyl sites for hydroxylation is 1. The second-order valence-electron chi connectivity index (χ2n) is 12.1. The van der Waals surface area contributed by atoms with Crippen molar-refractivity contribution in [2.45, 2.75) is 77.0 Å². The van der Waals surface area contributed by atoms with E-state index in [0.29, 0.717) is 55.6 Å². The third kappa shape index (κ3) is 6.25. The van der Waals surface area contributed by atoms with Gasteiger partial charge < -0.3 is 9.88 Å². The third-order valence-electron chi connectivity index (χ3n) is 9.45. The smallest absolute Gasteiger partial charge is 0.326 e. The molecule has 2 fully saturated rings. The Labute approximate surface area is 257 Å². The Kier molecular flexibility index (Phi) is 8.76. The van der Waals surface area contributed by atoms with Crippen molar-refractivity contribution in [2.24, 2.45) is 0 Å². The van der Waals surface area contributed by atoms with Crippen LogP contribution in [0, 0.1) is 18.6 Å². The van der Waals surface area contributed by atoms with E-state index in [9.17, 15) is 22.0 Å². The first-order valence-corrected chi connectivity index (χ1v) is 17.1. The molecule has 2 unspecified atom stereocenters. The number of imidazole rings is 1. The lowest BCUT2D eigenvalue weighted by atomic mass is 9.96. The summed E-state index contributed by atoms with van der Waals surface area (Å²) < 4.78 is 55.9. The molecule has 12 heteroatoms. The maximum Gasteiger partial charge on any atom is 0.326 e. The highest BCUT2D eigenvalue weighted by molar-refractivity contribution is 7.89. The van der Waals surface area contributed by atoms with Gasteiger partial charge in [0.1, 0.15) is 17.5 Å². The topological polar surface area (TPSA) is 90.8 Å². The van der Waals surface area contributed by atoms with Crippen LogP contribution >= 0.6 is 0 Å². The highest BCUT2D eigenvalue weighted by Crippen LogP contribution is 2.42. The Morgan fingerprint density at radius 3 is 2.27 bits per heavy atom. The van der Waals surface area contributed by atoms with E-state index in [0.717, 1.165) is 50.2 Å². The average Bonchev–Trinajstić information content (AvgIpc) is 3.46. The van der Waals surface area contributed by atoms with Gasteiger partial charge in [0, 0.05) is 61.2 Å². The van der Waals surface area contributed by atoms with Crippen molar-refractivity contribution in [1.82, 2.24) is 18.8 Å². The van der Waals surface area contributed by atoms with Gasteiger partial charge in [-0.05, 0) is 94.5 Å². The van der Waals surface area contributed by atoms with Crippen LogP contribution in [0.1, 0.15) is 62.3 Å². The second kappa shape index (κ2) is 12.6. The molecule has 2 amide bonds. The molecule has 3 aromatic rings. The quantitative estimate of drug-likeness (QED) is 0.340. The van der Waals surface area contributed by atoms with Crippen LogP contribution in [0.2, 0.25) is 0 Å². The van der Waals surface area contributed by atoms with Crippen LogP contribution in [0.4, 0.5) is 25.0 Å². The van der Waals surface area contributed by atoms with Crippen LogP contribution < -0.4 is 10.2 Å². The molecule has 236 valence electrons. The van der Waals surface area contributed by atoms with Gasteiger partial charge in [0.25, 0.3) is 0 Å². The Hall–Kier alpha value is -3.35. The van der Waals surface area contributed by atoms with Crippen molar-refractivity contribution in [1.29, 1.82) is 0 Å². The number of fused-ring (bicyclic) bond motifs is 3. The normalized spacial score (nSPS) is 22.1. The van der Waals surface area contributed by atoms with Crippen LogP contribution in [0.3, 0.4) is 0 Å². The maximum atomic E-state index is 13.7. The summed E-state index contributed by atoms with van der Waals surface area (Å²) in [5.74, 6) is 0.314. The molecule has 0 spiro atoms. The molecule has 0 aliphatic carbocycles. The minimum absolute atomic E-state index is 0.102. The number of piperidine rings is 1.